The predicted molar refractivity (Wildman–Crippen MR) is 61.1 cm³/mol. The zero-order valence-electron chi connectivity index (χ0n) is 8.01. The van der Waals surface area contributed by atoms with Crippen molar-refractivity contribution < 1.29 is 4.79 Å². The van der Waals surface area contributed by atoms with Crippen LogP contribution in [0.3, 0.4) is 0 Å². The van der Waals surface area contributed by atoms with E-state index >= 15 is 0 Å². The standard InChI is InChI=1S/C11H9BrN2O/c12-6-4-7-10-8(2-1-3-9(10)15)14-11(7)13-5-6/h4-5H,1-3H2,(H,13,14). The minimum absolute atomic E-state index is 0.238. The lowest BCUT2D eigenvalue weighted by atomic mass is 9.95. The minimum atomic E-state index is 0.238. The third kappa shape index (κ3) is 1.32. The van der Waals surface area contributed by atoms with Crippen LogP contribution in [0.25, 0.3) is 11.0 Å². The highest BCUT2D eigenvalue weighted by Crippen LogP contribution is 2.29. The summed E-state index contributed by atoms with van der Waals surface area (Å²) < 4.78 is 0.912. The molecule has 3 nitrogen and oxygen atoms in total. The Morgan fingerprint density at radius 1 is 1.40 bits per heavy atom. The number of carbonyl (C=O) groups excluding carboxylic acids is 1. The topological polar surface area (TPSA) is 45.8 Å². The van der Waals surface area contributed by atoms with E-state index in [1.165, 1.54) is 0 Å². The van der Waals surface area contributed by atoms with Crippen molar-refractivity contribution in [2.24, 2.45) is 0 Å². The van der Waals surface area contributed by atoms with Gasteiger partial charge < -0.3 is 4.98 Å². The third-order valence-electron chi connectivity index (χ3n) is 2.80. The van der Waals surface area contributed by atoms with Crippen molar-refractivity contribution in [2.75, 3.05) is 0 Å². The number of hydrogen-bond acceptors (Lipinski definition) is 2. The summed E-state index contributed by atoms with van der Waals surface area (Å²) in [6, 6.07) is 1.96. The second-order valence-electron chi connectivity index (χ2n) is 3.80. The number of halogens is 1. The van der Waals surface area contributed by atoms with Crippen molar-refractivity contribution in [3.05, 3.63) is 28.0 Å². The fourth-order valence-corrected chi connectivity index (χ4v) is 2.49. The lowest BCUT2D eigenvalue weighted by Gasteiger charge is -2.09. The zero-order valence-corrected chi connectivity index (χ0v) is 9.60. The smallest absolute Gasteiger partial charge is 0.165 e. The van der Waals surface area contributed by atoms with Gasteiger partial charge in [-0.3, -0.25) is 4.79 Å². The number of Topliss-reactive ketones (excluding diaryl/α,β-unsaturated/α-hetero) is 1. The molecule has 0 radical (unpaired) electrons. The molecule has 2 heterocycles. The molecule has 0 atom stereocenters. The van der Waals surface area contributed by atoms with Crippen LogP contribution in [0.4, 0.5) is 0 Å². The zero-order chi connectivity index (χ0) is 10.4. The Hall–Kier alpha value is -1.16. The van der Waals surface area contributed by atoms with E-state index < -0.39 is 0 Å². The average Bonchev–Trinajstić information content (AvgIpc) is 2.57. The predicted octanol–water partition coefficient (Wildman–Crippen LogP) is 2.84. The van der Waals surface area contributed by atoms with Crippen LogP contribution in [0, 0.1) is 0 Å². The molecule has 0 saturated heterocycles. The Kier molecular flexibility index (Phi) is 1.92. The monoisotopic (exact) mass is 264 g/mol. The van der Waals surface area contributed by atoms with E-state index in [4.69, 9.17) is 0 Å². The summed E-state index contributed by atoms with van der Waals surface area (Å²) in [5.41, 5.74) is 2.72. The first-order valence-corrected chi connectivity index (χ1v) is 5.74. The first-order chi connectivity index (χ1) is 7.25. The number of fused-ring (bicyclic) bond motifs is 3. The minimum Gasteiger partial charge on any atom is -0.343 e. The molecule has 0 bridgehead atoms. The number of nitrogens with one attached hydrogen (secondary N) is 1. The maximum absolute atomic E-state index is 11.8. The summed E-state index contributed by atoms with van der Waals surface area (Å²) in [6.07, 6.45) is 4.30. The molecule has 0 aromatic carbocycles. The van der Waals surface area contributed by atoms with Crippen molar-refractivity contribution in [1.29, 1.82) is 0 Å². The summed E-state index contributed by atoms with van der Waals surface area (Å²) in [6.45, 7) is 0. The molecule has 4 heteroatoms. The summed E-state index contributed by atoms with van der Waals surface area (Å²) >= 11 is 3.38. The van der Waals surface area contributed by atoms with Gasteiger partial charge in [-0.25, -0.2) is 4.98 Å². The molecule has 0 amide bonds. The first kappa shape index (κ1) is 9.09. The number of carbonyl (C=O) groups is 1. The van der Waals surface area contributed by atoms with Gasteiger partial charge in [-0.05, 0) is 34.8 Å². The van der Waals surface area contributed by atoms with Crippen LogP contribution < -0.4 is 0 Å². The van der Waals surface area contributed by atoms with Crippen molar-refractivity contribution >= 4 is 32.7 Å². The fraction of sp³-hybridized carbons (Fsp3) is 0.273. The highest BCUT2D eigenvalue weighted by atomic mass is 79.9. The van der Waals surface area contributed by atoms with Gasteiger partial charge in [0.25, 0.3) is 0 Å². The van der Waals surface area contributed by atoms with E-state index in [0.717, 1.165) is 39.6 Å². The van der Waals surface area contributed by atoms with Gasteiger partial charge in [0.15, 0.2) is 5.78 Å². The van der Waals surface area contributed by atoms with Gasteiger partial charge in [-0.1, -0.05) is 0 Å². The molecule has 2 aromatic heterocycles. The van der Waals surface area contributed by atoms with Gasteiger partial charge in [0.2, 0.25) is 0 Å². The van der Waals surface area contributed by atoms with Crippen LogP contribution in [0.5, 0.6) is 0 Å². The largest absolute Gasteiger partial charge is 0.343 e. The molecule has 0 spiro atoms. The summed E-state index contributed by atoms with van der Waals surface area (Å²) in [5, 5.41) is 0.948. The van der Waals surface area contributed by atoms with E-state index in [2.05, 4.69) is 25.9 Å². The first-order valence-electron chi connectivity index (χ1n) is 4.95. The number of pyridine rings is 1. The molecule has 0 aliphatic heterocycles. The molecular formula is C11H9BrN2O. The molecule has 15 heavy (non-hydrogen) atoms. The highest BCUT2D eigenvalue weighted by Gasteiger charge is 2.22. The number of rotatable bonds is 0. The van der Waals surface area contributed by atoms with Crippen LogP contribution in [0.15, 0.2) is 16.7 Å². The van der Waals surface area contributed by atoms with Gasteiger partial charge in [-0.15, -0.1) is 0 Å². The maximum atomic E-state index is 11.8. The molecule has 1 aliphatic carbocycles. The lowest BCUT2D eigenvalue weighted by molar-refractivity contribution is 0.0974. The van der Waals surface area contributed by atoms with Crippen LogP contribution in [0.2, 0.25) is 0 Å². The van der Waals surface area contributed by atoms with Crippen LogP contribution in [-0.4, -0.2) is 15.8 Å². The Morgan fingerprint density at radius 2 is 2.27 bits per heavy atom. The number of aryl methyl sites for hydroxylation is 1. The second kappa shape index (κ2) is 3.17. The molecule has 2 aromatic rings. The molecule has 0 fully saturated rings. The van der Waals surface area contributed by atoms with E-state index in [1.807, 2.05) is 6.07 Å². The van der Waals surface area contributed by atoms with Crippen molar-refractivity contribution in [3.63, 3.8) is 0 Å². The van der Waals surface area contributed by atoms with Crippen molar-refractivity contribution in [3.8, 4) is 0 Å². The second-order valence-corrected chi connectivity index (χ2v) is 4.72. The molecule has 1 aliphatic rings. The summed E-state index contributed by atoms with van der Waals surface area (Å²) in [7, 11) is 0. The van der Waals surface area contributed by atoms with Gasteiger partial charge in [0, 0.05) is 33.7 Å². The number of hydrogen-bond donors (Lipinski definition) is 1. The molecule has 76 valence electrons. The van der Waals surface area contributed by atoms with E-state index in [1.54, 1.807) is 6.20 Å². The van der Waals surface area contributed by atoms with Crippen molar-refractivity contribution in [1.82, 2.24) is 9.97 Å². The van der Waals surface area contributed by atoms with Crippen LogP contribution in [0.1, 0.15) is 28.9 Å². The Balaban J connectivity index is 2.38. The van der Waals surface area contributed by atoms with Gasteiger partial charge in [-0.2, -0.15) is 0 Å². The molecule has 0 saturated carbocycles. The van der Waals surface area contributed by atoms with Gasteiger partial charge >= 0.3 is 0 Å². The van der Waals surface area contributed by atoms with Gasteiger partial charge in [0.1, 0.15) is 5.65 Å². The molecule has 1 N–H and O–H groups in total. The number of nitrogens with zero attached hydrogens (tertiary/aromatic N) is 1. The molecule has 3 rings (SSSR count). The Morgan fingerprint density at radius 3 is 3.13 bits per heavy atom. The van der Waals surface area contributed by atoms with Gasteiger partial charge in [0.05, 0.1) is 0 Å². The highest BCUT2D eigenvalue weighted by molar-refractivity contribution is 9.10. The van der Waals surface area contributed by atoms with E-state index in [9.17, 15) is 4.79 Å². The lowest BCUT2D eigenvalue weighted by Crippen LogP contribution is -2.08. The Bertz CT molecular complexity index is 559. The maximum Gasteiger partial charge on any atom is 0.165 e. The normalized spacial score (nSPS) is 15.7. The third-order valence-corrected chi connectivity index (χ3v) is 3.24. The Labute approximate surface area is 95.0 Å². The molecule has 0 unspecified atom stereocenters. The average molecular weight is 265 g/mol. The van der Waals surface area contributed by atoms with E-state index in [0.29, 0.717) is 6.42 Å². The number of aromatic nitrogens is 2. The van der Waals surface area contributed by atoms with Crippen molar-refractivity contribution in [2.45, 2.75) is 19.3 Å². The molecular weight excluding hydrogens is 256 g/mol. The SMILES string of the molecule is O=C1CCCc2[nH]c3ncc(Br)cc3c21. The summed E-state index contributed by atoms with van der Waals surface area (Å²) in [4.78, 5) is 19.3. The number of ketones is 1. The van der Waals surface area contributed by atoms with Crippen LogP contribution in [-0.2, 0) is 6.42 Å². The quantitative estimate of drug-likeness (QED) is 0.796. The fourth-order valence-electron chi connectivity index (χ4n) is 2.15. The van der Waals surface area contributed by atoms with Crippen LogP contribution >= 0.6 is 15.9 Å². The number of aromatic amines is 1. The van der Waals surface area contributed by atoms with E-state index in [-0.39, 0.29) is 5.78 Å². The summed E-state index contributed by atoms with van der Waals surface area (Å²) in [5.74, 6) is 0.238. The number of H-pyrrole nitrogens is 1.